The van der Waals surface area contributed by atoms with Gasteiger partial charge < -0.3 is 9.47 Å². The van der Waals surface area contributed by atoms with Crippen LogP contribution in [0.3, 0.4) is 0 Å². The Morgan fingerprint density at radius 3 is 1.58 bits per heavy atom. The summed E-state index contributed by atoms with van der Waals surface area (Å²) in [7, 11) is 3.51. The molecule has 9 aromatic rings. The summed E-state index contributed by atoms with van der Waals surface area (Å²) in [5.41, 5.74) is 9.61. The first-order chi connectivity index (χ1) is 35.5. The molecule has 3 aromatic heterocycles. The Kier molecular flexibility index (Phi) is 11.4. The van der Waals surface area contributed by atoms with Crippen LogP contribution in [0.5, 0.6) is 11.5 Å². The molecule has 0 aliphatic carbocycles. The Hall–Kier alpha value is -7.26. The van der Waals surface area contributed by atoms with E-state index in [1.807, 2.05) is 24.5 Å². The van der Waals surface area contributed by atoms with Gasteiger partial charge in [-0.15, -0.1) is 13.2 Å². The molecule has 72 heavy (non-hydrogen) atoms. The molecule has 10 atom stereocenters. The lowest BCUT2D eigenvalue weighted by atomic mass is 9.68. The van der Waals surface area contributed by atoms with E-state index in [0.29, 0.717) is 23.7 Å². The molecule has 0 radical (unpaired) electrons. The van der Waals surface area contributed by atoms with Crippen molar-refractivity contribution >= 4 is 43.4 Å². The second-order valence-electron chi connectivity index (χ2n) is 20.8. The van der Waals surface area contributed by atoms with E-state index in [1.54, 1.807) is 14.2 Å². The summed E-state index contributed by atoms with van der Waals surface area (Å²) >= 11 is 0. The van der Waals surface area contributed by atoms with Crippen LogP contribution in [0.1, 0.15) is 60.0 Å². The smallest absolute Gasteiger partial charge is 0.160 e. The first-order valence-electron chi connectivity index (χ1n) is 26.0. The van der Waals surface area contributed by atoms with Gasteiger partial charge in [-0.25, -0.2) is 9.97 Å². The van der Waals surface area contributed by atoms with E-state index in [1.165, 1.54) is 21.9 Å². The van der Waals surface area contributed by atoms with Gasteiger partial charge in [0.2, 0.25) is 0 Å². The summed E-state index contributed by atoms with van der Waals surface area (Å²) in [6.07, 6.45) is 12.8. The standard InChI is InChI=1S/C64H60N6O2/c1-5-39-37-69-30-26-42(39)33-57(69)60(50-24-28-65-55-22-20-45(71-3)35-52(50)55)62-59(41-14-8-7-9-15-41)63(68-64(67-62)54-32-44-16-10-11-17-47(44)48-18-12-13-19-49(48)54)61(58-34-43-27-31-70(58)38-40(43)6-2)51-25-29-66-56-23-21-46(72-4)36-53(51)56/h5-25,28-29,32,35-36,39-40,42-43,57-58,60-61H,1-2,26-27,30-31,33-34,37-38H2,3-4H3/t39-,40-,42-,43-,57+,58+,60-,61-/m0/s1. The fourth-order valence-electron chi connectivity index (χ4n) is 13.8. The number of nitrogens with zero attached hydrogens (tertiary/aromatic N) is 6. The molecule has 0 amide bonds. The molecule has 0 N–H and O–H groups in total. The molecule has 358 valence electrons. The molecular formula is C64H60N6O2. The van der Waals surface area contributed by atoms with Crippen molar-refractivity contribution in [3.05, 3.63) is 194 Å². The third-order valence-electron chi connectivity index (χ3n) is 17.3. The van der Waals surface area contributed by atoms with Crippen molar-refractivity contribution in [2.45, 2.75) is 49.6 Å². The molecule has 6 aromatic carbocycles. The maximum Gasteiger partial charge on any atom is 0.160 e. The Morgan fingerprint density at radius 1 is 0.556 bits per heavy atom. The Labute approximate surface area is 422 Å². The van der Waals surface area contributed by atoms with E-state index in [4.69, 9.17) is 29.4 Å². The molecular weight excluding hydrogens is 885 g/mol. The molecule has 6 aliphatic heterocycles. The van der Waals surface area contributed by atoms with Crippen molar-refractivity contribution in [3.8, 4) is 34.0 Å². The molecule has 0 spiro atoms. The van der Waals surface area contributed by atoms with Gasteiger partial charge in [-0.05, 0) is 155 Å². The maximum absolute atomic E-state index is 6.18. The van der Waals surface area contributed by atoms with Crippen LogP contribution in [0.2, 0.25) is 0 Å². The second kappa shape index (κ2) is 18.4. The zero-order valence-electron chi connectivity index (χ0n) is 41.2. The SMILES string of the molecule is C=C[C@H]1CN2CC[C@H]1C[C@@H]2[C@@H](c1nc(-c2cc3ccccc3c3ccccc23)nc([C@@H](c2ccnc3ccc(OC)cc23)[C@H]2C[C@@H]3CCN2C[C@@H]3C=C)c1-c1ccccc1)c1ccnc2ccc(OC)cc12. The summed E-state index contributed by atoms with van der Waals surface area (Å²) in [6, 6.07) is 48.4. The van der Waals surface area contributed by atoms with Gasteiger partial charge >= 0.3 is 0 Å². The lowest BCUT2D eigenvalue weighted by Crippen LogP contribution is -2.55. The van der Waals surface area contributed by atoms with Crippen LogP contribution in [0.15, 0.2) is 171 Å². The highest BCUT2D eigenvalue weighted by atomic mass is 16.5. The van der Waals surface area contributed by atoms with Gasteiger partial charge in [-0.2, -0.15) is 0 Å². The lowest BCUT2D eigenvalue weighted by Gasteiger charge is -2.52. The monoisotopic (exact) mass is 944 g/mol. The third-order valence-corrected chi connectivity index (χ3v) is 17.3. The van der Waals surface area contributed by atoms with E-state index in [2.05, 4.69) is 156 Å². The van der Waals surface area contributed by atoms with Crippen molar-refractivity contribution in [2.24, 2.45) is 23.7 Å². The summed E-state index contributed by atoms with van der Waals surface area (Å²) < 4.78 is 12.0. The summed E-state index contributed by atoms with van der Waals surface area (Å²) in [5.74, 6) is 3.91. The van der Waals surface area contributed by atoms with E-state index < -0.39 is 0 Å². The van der Waals surface area contributed by atoms with Crippen molar-refractivity contribution < 1.29 is 9.47 Å². The predicted molar refractivity (Wildman–Crippen MR) is 292 cm³/mol. The van der Waals surface area contributed by atoms with E-state index >= 15 is 0 Å². The number of rotatable bonds is 12. The molecule has 8 nitrogen and oxygen atoms in total. The quantitative estimate of drug-likeness (QED) is 0.0886. The van der Waals surface area contributed by atoms with Crippen molar-refractivity contribution in [3.63, 3.8) is 0 Å². The number of benzene rings is 6. The van der Waals surface area contributed by atoms with Crippen molar-refractivity contribution in [1.82, 2.24) is 29.7 Å². The molecule has 4 bridgehead atoms. The zero-order chi connectivity index (χ0) is 48.5. The van der Waals surface area contributed by atoms with Gasteiger partial charge in [-0.1, -0.05) is 91.0 Å². The Bertz CT molecular complexity index is 3410. The van der Waals surface area contributed by atoms with E-state index in [9.17, 15) is 0 Å². The highest BCUT2D eigenvalue weighted by Gasteiger charge is 2.48. The van der Waals surface area contributed by atoms with Gasteiger partial charge in [0.25, 0.3) is 0 Å². The minimum atomic E-state index is -0.179. The van der Waals surface area contributed by atoms with E-state index in [0.717, 1.165) is 130 Å². The predicted octanol–water partition coefficient (Wildman–Crippen LogP) is 13.3. The normalized spacial score (nSPS) is 24.4. The summed E-state index contributed by atoms with van der Waals surface area (Å²) in [4.78, 5) is 27.9. The van der Waals surface area contributed by atoms with Gasteiger partial charge in [-0.3, -0.25) is 19.8 Å². The van der Waals surface area contributed by atoms with Crippen LogP contribution in [0.25, 0.3) is 65.9 Å². The molecule has 6 fully saturated rings. The minimum Gasteiger partial charge on any atom is -0.497 e. The van der Waals surface area contributed by atoms with Crippen LogP contribution in [0.4, 0.5) is 0 Å². The van der Waals surface area contributed by atoms with E-state index in [-0.39, 0.29) is 23.9 Å². The van der Waals surface area contributed by atoms with Crippen LogP contribution in [-0.4, -0.2) is 82.2 Å². The topological polar surface area (TPSA) is 76.5 Å². The fourth-order valence-corrected chi connectivity index (χ4v) is 13.8. The molecule has 6 saturated heterocycles. The minimum absolute atomic E-state index is 0.135. The van der Waals surface area contributed by atoms with Crippen molar-refractivity contribution in [2.75, 3.05) is 40.4 Å². The molecule has 2 unspecified atom stereocenters. The van der Waals surface area contributed by atoms with Crippen LogP contribution >= 0.6 is 0 Å². The maximum atomic E-state index is 6.18. The average Bonchev–Trinajstić information content (AvgIpc) is 3.45. The van der Waals surface area contributed by atoms with Gasteiger partial charge in [0, 0.05) is 71.3 Å². The van der Waals surface area contributed by atoms with Crippen LogP contribution in [-0.2, 0) is 0 Å². The number of pyridine rings is 2. The van der Waals surface area contributed by atoms with Gasteiger partial charge in [0.05, 0.1) is 36.6 Å². The molecule has 8 heteroatoms. The molecule has 6 aliphatic rings. The number of fused-ring (bicyclic) bond motifs is 11. The number of methoxy groups -OCH3 is 2. The average molecular weight is 945 g/mol. The van der Waals surface area contributed by atoms with Crippen LogP contribution in [0, 0.1) is 23.7 Å². The number of ether oxygens (including phenoxy) is 2. The molecule has 9 heterocycles. The van der Waals surface area contributed by atoms with Crippen LogP contribution < -0.4 is 9.47 Å². The Morgan fingerprint density at radius 2 is 1.07 bits per heavy atom. The third kappa shape index (κ3) is 7.49. The van der Waals surface area contributed by atoms with Crippen molar-refractivity contribution in [1.29, 1.82) is 0 Å². The largest absolute Gasteiger partial charge is 0.497 e. The second-order valence-corrected chi connectivity index (χ2v) is 20.8. The molecule has 0 saturated carbocycles. The number of hydrogen-bond acceptors (Lipinski definition) is 8. The number of hydrogen-bond donors (Lipinski definition) is 0. The zero-order valence-corrected chi connectivity index (χ0v) is 41.2. The lowest BCUT2D eigenvalue weighted by molar-refractivity contribution is 0.0108. The first kappa shape index (κ1) is 44.7. The fraction of sp³-hybridized carbons (Fsp3) is 0.281. The van der Waals surface area contributed by atoms with Gasteiger partial charge in [0.15, 0.2) is 5.82 Å². The summed E-state index contributed by atoms with van der Waals surface area (Å²) in [5, 5.41) is 6.86. The number of piperidine rings is 6. The molecule has 15 rings (SSSR count). The number of aromatic nitrogens is 4. The Balaban J connectivity index is 1.19. The van der Waals surface area contributed by atoms with Gasteiger partial charge in [0.1, 0.15) is 11.5 Å². The first-order valence-corrected chi connectivity index (χ1v) is 26.0. The highest BCUT2D eigenvalue weighted by molar-refractivity contribution is 6.13. The highest BCUT2D eigenvalue weighted by Crippen LogP contribution is 2.52. The summed E-state index contributed by atoms with van der Waals surface area (Å²) in [6.45, 7) is 12.7.